The van der Waals surface area contributed by atoms with Crippen LogP contribution in [0, 0.1) is 0 Å². The number of benzene rings is 3. The number of aromatic hydroxyl groups is 1. The number of rotatable bonds is 15. The summed E-state index contributed by atoms with van der Waals surface area (Å²) in [6.45, 7) is 2.61. The zero-order chi connectivity index (χ0) is 38.5. The van der Waals surface area contributed by atoms with Crippen LogP contribution < -0.4 is 32.3 Å². The molecule has 0 bridgehead atoms. The molecule has 0 heterocycles. The summed E-state index contributed by atoms with van der Waals surface area (Å²) in [7, 11) is 0. The number of nitrogens with one attached hydrogen (secondary N) is 5. The number of nitrogens with zero attached hydrogens (tertiary/aromatic N) is 1. The van der Waals surface area contributed by atoms with Crippen LogP contribution in [0.5, 0.6) is 5.75 Å². The van der Waals surface area contributed by atoms with Crippen molar-refractivity contribution in [3.05, 3.63) is 102 Å². The van der Waals surface area contributed by atoms with Crippen molar-refractivity contribution < 1.29 is 47.4 Å². The number of aliphatic carboxylic acids is 1. The Balaban J connectivity index is 0.00000121. The van der Waals surface area contributed by atoms with Crippen LogP contribution in [-0.4, -0.2) is 77.7 Å². The Morgan fingerprint density at radius 2 is 1.33 bits per heavy atom. The largest absolute Gasteiger partial charge is 0.508 e. The molecule has 0 saturated carbocycles. The minimum absolute atomic E-state index is 0.0834. The van der Waals surface area contributed by atoms with Gasteiger partial charge in [0.25, 0.3) is 0 Å². The fraction of sp³-hybridized carbons (Fsp3) is 0.314. The summed E-state index contributed by atoms with van der Waals surface area (Å²) in [5.74, 6) is -4.18. The number of aliphatic imine (C=N–C) groups is 1. The van der Waals surface area contributed by atoms with E-state index >= 15 is 0 Å². The van der Waals surface area contributed by atoms with Gasteiger partial charge in [0.1, 0.15) is 11.8 Å². The smallest absolute Gasteiger partial charge is 0.490 e. The number of hydrogen-bond acceptors (Lipinski definition) is 7. The van der Waals surface area contributed by atoms with Crippen molar-refractivity contribution in [2.45, 2.75) is 50.9 Å². The zero-order valence-electron chi connectivity index (χ0n) is 28.3. The van der Waals surface area contributed by atoms with Crippen LogP contribution in [0.15, 0.2) is 89.9 Å². The highest BCUT2D eigenvalue weighted by Gasteiger charge is 2.38. The quantitative estimate of drug-likeness (QED) is 0.0658. The monoisotopic (exact) mass is 729 g/mol. The molecule has 280 valence electrons. The van der Waals surface area contributed by atoms with Crippen molar-refractivity contribution in [3.63, 3.8) is 0 Å². The van der Waals surface area contributed by atoms with Crippen molar-refractivity contribution in [2.75, 3.05) is 19.6 Å². The van der Waals surface area contributed by atoms with E-state index in [0.717, 1.165) is 16.7 Å². The lowest BCUT2D eigenvalue weighted by atomic mass is 9.90. The number of carbonyl (C=O) groups excluding carboxylic acids is 4. The number of carbonyl (C=O) groups is 5. The summed E-state index contributed by atoms with van der Waals surface area (Å²) in [5.41, 5.74) is 8.22. The molecule has 14 nitrogen and oxygen atoms in total. The van der Waals surface area contributed by atoms with Gasteiger partial charge >= 0.3 is 18.2 Å². The van der Waals surface area contributed by atoms with E-state index in [2.05, 4.69) is 31.6 Å². The van der Waals surface area contributed by atoms with Crippen LogP contribution >= 0.6 is 0 Å². The fourth-order valence-corrected chi connectivity index (χ4v) is 4.49. The van der Waals surface area contributed by atoms with Crippen molar-refractivity contribution in [1.82, 2.24) is 26.6 Å². The molecule has 0 aliphatic heterocycles. The summed E-state index contributed by atoms with van der Waals surface area (Å²) >= 11 is 0. The molecule has 0 aromatic heterocycles. The number of phenolic OH excluding ortho intramolecular Hbond substituents is 1. The highest BCUT2D eigenvalue weighted by Crippen LogP contribution is 2.25. The number of urea groups is 1. The van der Waals surface area contributed by atoms with Gasteiger partial charge < -0.3 is 37.2 Å². The number of amides is 5. The molecule has 5 amide bonds. The maximum atomic E-state index is 13.8. The molecule has 0 aliphatic carbocycles. The maximum absolute atomic E-state index is 13.8. The lowest BCUT2D eigenvalue weighted by Gasteiger charge is -2.23. The number of guanidine groups is 1. The Kier molecular flexibility index (Phi) is 17.7. The van der Waals surface area contributed by atoms with Gasteiger partial charge in [-0.25, -0.2) is 9.59 Å². The summed E-state index contributed by atoms with van der Waals surface area (Å²) in [6.07, 6.45) is -3.88. The number of halogens is 3. The first-order chi connectivity index (χ1) is 24.7. The van der Waals surface area contributed by atoms with Gasteiger partial charge in [-0.3, -0.25) is 24.7 Å². The molecular weight excluding hydrogens is 687 g/mol. The molecule has 9 N–H and O–H groups in total. The fourth-order valence-electron chi connectivity index (χ4n) is 4.49. The number of carboxylic acid groups (broad SMARTS) is 1. The van der Waals surface area contributed by atoms with E-state index in [1.54, 1.807) is 12.1 Å². The van der Waals surface area contributed by atoms with E-state index in [0.29, 0.717) is 25.9 Å². The Hall–Kier alpha value is -6.13. The normalized spacial score (nSPS) is 11.7. The number of hydrogen-bond donors (Lipinski definition) is 8. The summed E-state index contributed by atoms with van der Waals surface area (Å²) in [4.78, 5) is 63.1. The molecular formula is C35H42F3N7O7. The first kappa shape index (κ1) is 42.0. The number of phenols is 1. The van der Waals surface area contributed by atoms with Gasteiger partial charge in [0.15, 0.2) is 5.96 Å². The average molecular weight is 730 g/mol. The second-order valence-corrected chi connectivity index (χ2v) is 11.1. The van der Waals surface area contributed by atoms with Crippen LogP contribution in [0.3, 0.4) is 0 Å². The molecule has 0 spiro atoms. The summed E-state index contributed by atoms with van der Waals surface area (Å²) < 4.78 is 31.7. The number of carboxylic acids is 1. The minimum atomic E-state index is -5.08. The van der Waals surface area contributed by atoms with Crippen molar-refractivity contribution >= 4 is 35.7 Å². The Morgan fingerprint density at radius 3 is 1.85 bits per heavy atom. The molecule has 0 unspecified atom stereocenters. The van der Waals surface area contributed by atoms with E-state index in [1.165, 1.54) is 19.1 Å². The maximum Gasteiger partial charge on any atom is 0.490 e. The van der Waals surface area contributed by atoms with Gasteiger partial charge in [-0.15, -0.1) is 0 Å². The van der Waals surface area contributed by atoms with E-state index in [9.17, 15) is 37.5 Å². The third kappa shape index (κ3) is 16.5. The van der Waals surface area contributed by atoms with Crippen molar-refractivity contribution in [3.8, 4) is 5.75 Å². The molecule has 17 heteroatoms. The SMILES string of the molecule is CC(=O)NCCCNC(=O)NC(N)=NCCC[C@@H](NC(=O)C(c1ccccc1)c1ccccc1)C(=O)NCc1ccc(O)cc1.O=C(O)C(F)(F)F. The Morgan fingerprint density at radius 1 is 0.788 bits per heavy atom. The highest BCUT2D eigenvalue weighted by atomic mass is 19.4. The lowest BCUT2D eigenvalue weighted by Crippen LogP contribution is -2.48. The topological polar surface area (TPSA) is 224 Å². The lowest BCUT2D eigenvalue weighted by molar-refractivity contribution is -0.192. The highest BCUT2D eigenvalue weighted by molar-refractivity contribution is 5.95. The summed E-state index contributed by atoms with van der Waals surface area (Å²) in [5, 5.41) is 30.2. The Bertz CT molecular complexity index is 1590. The molecule has 1 atom stereocenters. The van der Waals surface area contributed by atoms with E-state index in [4.69, 9.17) is 15.6 Å². The summed E-state index contributed by atoms with van der Waals surface area (Å²) in [6, 6.07) is 23.8. The molecule has 0 aliphatic rings. The number of nitrogens with two attached hydrogens (primary N) is 1. The van der Waals surface area contributed by atoms with Gasteiger partial charge in [0, 0.05) is 33.1 Å². The standard InChI is InChI=1S/C33H41N7O5.C2HF3O2/c1-23(41)35-20-9-21-37-33(45)40-32(34)36-19-8-14-28(30(43)38-22-24-15-17-27(42)18-16-24)39-31(44)29(25-10-4-2-5-11-25)26-12-6-3-7-13-26;3-2(4,5)1(6)7/h2-7,10-13,15-18,28-29,42H,8-9,14,19-22H2,1H3,(H,35,41)(H,38,43)(H,39,44)(H4,34,36,37,40,45);(H,6,7)/t28-;/m1./s1. The molecule has 52 heavy (non-hydrogen) atoms. The van der Waals surface area contributed by atoms with Crippen LogP contribution in [0.2, 0.25) is 0 Å². The van der Waals surface area contributed by atoms with Gasteiger partial charge in [-0.05, 0) is 48.1 Å². The molecule has 3 aromatic rings. The molecule has 3 rings (SSSR count). The Labute approximate surface area is 298 Å². The molecule has 0 fully saturated rings. The second-order valence-electron chi connectivity index (χ2n) is 11.1. The van der Waals surface area contributed by atoms with E-state index < -0.39 is 30.1 Å². The predicted molar refractivity (Wildman–Crippen MR) is 186 cm³/mol. The second kappa shape index (κ2) is 21.8. The predicted octanol–water partition coefficient (Wildman–Crippen LogP) is 2.88. The van der Waals surface area contributed by atoms with E-state index in [1.807, 2.05) is 60.7 Å². The van der Waals surface area contributed by atoms with Crippen LogP contribution in [-0.2, 0) is 25.7 Å². The van der Waals surface area contributed by atoms with Gasteiger partial charge in [-0.2, -0.15) is 13.2 Å². The molecule has 0 radical (unpaired) electrons. The molecule has 3 aromatic carbocycles. The average Bonchev–Trinajstić information content (AvgIpc) is 3.09. The van der Waals surface area contributed by atoms with Crippen molar-refractivity contribution in [2.24, 2.45) is 10.7 Å². The van der Waals surface area contributed by atoms with Crippen molar-refractivity contribution in [1.29, 1.82) is 0 Å². The third-order valence-electron chi connectivity index (χ3n) is 6.99. The van der Waals surface area contributed by atoms with Crippen LogP contribution in [0.1, 0.15) is 48.8 Å². The van der Waals surface area contributed by atoms with E-state index in [-0.39, 0.29) is 48.9 Å². The molecule has 0 saturated heterocycles. The van der Waals surface area contributed by atoms with Gasteiger partial charge in [0.2, 0.25) is 17.7 Å². The van der Waals surface area contributed by atoms with Crippen LogP contribution in [0.25, 0.3) is 0 Å². The van der Waals surface area contributed by atoms with Gasteiger partial charge in [0.05, 0.1) is 5.92 Å². The first-order valence-corrected chi connectivity index (χ1v) is 16.0. The third-order valence-corrected chi connectivity index (χ3v) is 6.99. The van der Waals surface area contributed by atoms with Gasteiger partial charge in [-0.1, -0.05) is 72.8 Å². The minimum Gasteiger partial charge on any atom is -0.508 e. The zero-order valence-corrected chi connectivity index (χ0v) is 28.3. The van der Waals surface area contributed by atoms with Crippen LogP contribution in [0.4, 0.5) is 18.0 Å². The first-order valence-electron chi connectivity index (χ1n) is 16.0. The number of alkyl halides is 3.